The molecule has 0 aliphatic heterocycles. The highest BCUT2D eigenvalue weighted by Gasteiger charge is 2.32. The molecule has 0 bridgehead atoms. The zero-order valence-electron chi connectivity index (χ0n) is 12.1. The molecule has 1 aromatic carbocycles. The molecule has 0 amide bonds. The third-order valence-electron chi connectivity index (χ3n) is 4.35. The van der Waals surface area contributed by atoms with Crippen LogP contribution in [0.15, 0.2) is 21.5 Å². The lowest BCUT2D eigenvalue weighted by Crippen LogP contribution is -2.43. The van der Waals surface area contributed by atoms with Crippen LogP contribution in [-0.2, 0) is 10.0 Å². The standard InChI is InChI=1S/C14H20BrFN2O2S/c1-8-4-3-5-13(9(8)2)18-21(19,20)14-7-12(17)10(15)6-11(14)16/h6-9,13,18H,3-5,17H2,1-2H3. The van der Waals surface area contributed by atoms with Crippen molar-refractivity contribution in [2.75, 3.05) is 5.73 Å². The molecule has 4 nitrogen and oxygen atoms in total. The molecule has 0 saturated heterocycles. The largest absolute Gasteiger partial charge is 0.398 e. The Morgan fingerprint density at radius 3 is 2.67 bits per heavy atom. The molecule has 1 fully saturated rings. The molecule has 0 radical (unpaired) electrons. The summed E-state index contributed by atoms with van der Waals surface area (Å²) in [6.45, 7) is 4.15. The van der Waals surface area contributed by atoms with E-state index in [1.54, 1.807) is 0 Å². The van der Waals surface area contributed by atoms with Crippen molar-refractivity contribution in [3.63, 3.8) is 0 Å². The molecule has 3 atom stereocenters. The molecule has 0 aromatic heterocycles. The van der Waals surface area contributed by atoms with E-state index in [9.17, 15) is 12.8 Å². The molecule has 1 aliphatic carbocycles. The van der Waals surface area contributed by atoms with E-state index >= 15 is 0 Å². The van der Waals surface area contributed by atoms with Crippen molar-refractivity contribution < 1.29 is 12.8 Å². The fourth-order valence-corrected chi connectivity index (χ4v) is 4.53. The summed E-state index contributed by atoms with van der Waals surface area (Å²) in [6.07, 6.45) is 2.85. The first-order valence-electron chi connectivity index (χ1n) is 6.99. The number of nitrogens with two attached hydrogens (primary N) is 1. The summed E-state index contributed by atoms with van der Waals surface area (Å²) < 4.78 is 41.8. The lowest BCUT2D eigenvalue weighted by atomic mass is 9.78. The molecular formula is C14H20BrFN2O2S. The molecule has 3 N–H and O–H groups in total. The van der Waals surface area contributed by atoms with Gasteiger partial charge < -0.3 is 5.73 Å². The highest BCUT2D eigenvalue weighted by molar-refractivity contribution is 9.10. The lowest BCUT2D eigenvalue weighted by molar-refractivity contribution is 0.227. The lowest BCUT2D eigenvalue weighted by Gasteiger charge is -2.34. The number of rotatable bonds is 3. The van der Waals surface area contributed by atoms with Gasteiger partial charge in [0.05, 0.1) is 0 Å². The van der Waals surface area contributed by atoms with Crippen molar-refractivity contribution in [2.45, 2.75) is 44.0 Å². The van der Waals surface area contributed by atoms with Crippen molar-refractivity contribution in [1.29, 1.82) is 0 Å². The fourth-order valence-electron chi connectivity index (χ4n) is 2.76. The molecule has 1 saturated carbocycles. The number of nitrogen functional groups attached to an aromatic ring is 1. The average molecular weight is 379 g/mol. The Morgan fingerprint density at radius 1 is 1.33 bits per heavy atom. The summed E-state index contributed by atoms with van der Waals surface area (Å²) >= 11 is 3.08. The van der Waals surface area contributed by atoms with Crippen LogP contribution < -0.4 is 10.5 Å². The van der Waals surface area contributed by atoms with Crippen LogP contribution in [0.5, 0.6) is 0 Å². The Labute approximate surface area is 133 Å². The van der Waals surface area contributed by atoms with Gasteiger partial charge in [0.2, 0.25) is 10.0 Å². The van der Waals surface area contributed by atoms with Gasteiger partial charge in [0, 0.05) is 16.2 Å². The van der Waals surface area contributed by atoms with Crippen LogP contribution in [0.1, 0.15) is 33.1 Å². The fraction of sp³-hybridized carbons (Fsp3) is 0.571. The Balaban J connectivity index is 2.28. The second-order valence-corrected chi connectivity index (χ2v) is 8.34. The summed E-state index contributed by atoms with van der Waals surface area (Å²) in [4.78, 5) is -0.395. The van der Waals surface area contributed by atoms with Gasteiger partial charge in [-0.15, -0.1) is 0 Å². The minimum absolute atomic E-state index is 0.164. The summed E-state index contributed by atoms with van der Waals surface area (Å²) in [7, 11) is -3.91. The van der Waals surface area contributed by atoms with E-state index in [4.69, 9.17) is 5.73 Å². The molecule has 0 spiro atoms. The van der Waals surface area contributed by atoms with Gasteiger partial charge in [0.15, 0.2) is 0 Å². The predicted molar refractivity (Wildman–Crippen MR) is 84.8 cm³/mol. The van der Waals surface area contributed by atoms with Crippen LogP contribution in [0.4, 0.5) is 10.1 Å². The van der Waals surface area contributed by atoms with Gasteiger partial charge >= 0.3 is 0 Å². The maximum absolute atomic E-state index is 13.9. The van der Waals surface area contributed by atoms with E-state index in [-0.39, 0.29) is 17.6 Å². The zero-order valence-corrected chi connectivity index (χ0v) is 14.5. The van der Waals surface area contributed by atoms with E-state index in [1.807, 2.05) is 6.92 Å². The molecule has 7 heteroatoms. The Bertz CT molecular complexity index is 636. The molecule has 1 aliphatic rings. The topological polar surface area (TPSA) is 72.2 Å². The van der Waals surface area contributed by atoms with E-state index in [1.165, 1.54) is 0 Å². The summed E-state index contributed by atoms with van der Waals surface area (Å²) in [5.74, 6) is -0.129. The first kappa shape index (κ1) is 16.7. The maximum atomic E-state index is 13.9. The summed E-state index contributed by atoms with van der Waals surface area (Å²) in [5.41, 5.74) is 5.86. The van der Waals surface area contributed by atoms with Crippen LogP contribution in [0.2, 0.25) is 0 Å². The second-order valence-electron chi connectivity index (χ2n) is 5.80. The minimum Gasteiger partial charge on any atom is -0.398 e. The Hall–Kier alpha value is -0.660. The van der Waals surface area contributed by atoms with Crippen LogP contribution >= 0.6 is 15.9 Å². The van der Waals surface area contributed by atoms with Crippen molar-refractivity contribution in [3.8, 4) is 0 Å². The molecule has 2 rings (SSSR count). The third-order valence-corrected chi connectivity index (χ3v) is 6.55. The average Bonchev–Trinajstić information content (AvgIpc) is 2.39. The summed E-state index contributed by atoms with van der Waals surface area (Å²) in [6, 6.07) is 2.07. The Morgan fingerprint density at radius 2 is 2.00 bits per heavy atom. The van der Waals surface area contributed by atoms with E-state index < -0.39 is 20.7 Å². The van der Waals surface area contributed by atoms with Gasteiger partial charge in [-0.05, 0) is 46.3 Å². The normalized spacial score (nSPS) is 26.8. The SMILES string of the molecule is CC1CCCC(NS(=O)(=O)c2cc(N)c(Br)cc2F)C1C. The van der Waals surface area contributed by atoms with Gasteiger partial charge in [-0.3, -0.25) is 0 Å². The third kappa shape index (κ3) is 3.57. The van der Waals surface area contributed by atoms with Crippen molar-refractivity contribution in [1.82, 2.24) is 4.72 Å². The van der Waals surface area contributed by atoms with E-state index in [0.29, 0.717) is 10.4 Å². The summed E-state index contributed by atoms with van der Waals surface area (Å²) in [5, 5.41) is 0. The monoisotopic (exact) mass is 378 g/mol. The smallest absolute Gasteiger partial charge is 0.243 e. The van der Waals surface area contributed by atoms with Crippen molar-refractivity contribution in [2.24, 2.45) is 11.8 Å². The number of sulfonamides is 1. The van der Waals surface area contributed by atoms with Crippen LogP contribution in [0.3, 0.4) is 0 Å². The zero-order chi connectivity index (χ0) is 15.8. The van der Waals surface area contributed by atoms with Gasteiger partial charge in [0.1, 0.15) is 10.7 Å². The molecule has 3 unspecified atom stereocenters. The molecule has 1 aromatic rings. The second kappa shape index (κ2) is 6.22. The Kier molecular flexibility index (Phi) is 4.95. The van der Waals surface area contributed by atoms with E-state index in [2.05, 4.69) is 27.6 Å². The van der Waals surface area contributed by atoms with Gasteiger partial charge in [-0.25, -0.2) is 17.5 Å². The maximum Gasteiger partial charge on any atom is 0.243 e. The van der Waals surface area contributed by atoms with Gasteiger partial charge in [-0.1, -0.05) is 26.7 Å². The molecular weight excluding hydrogens is 359 g/mol. The van der Waals surface area contributed by atoms with Crippen LogP contribution in [0.25, 0.3) is 0 Å². The van der Waals surface area contributed by atoms with Gasteiger partial charge in [0.25, 0.3) is 0 Å². The molecule has 21 heavy (non-hydrogen) atoms. The predicted octanol–water partition coefficient (Wildman–Crippen LogP) is 3.27. The van der Waals surface area contributed by atoms with Crippen molar-refractivity contribution >= 4 is 31.6 Å². The number of anilines is 1. The minimum atomic E-state index is -3.91. The number of nitrogens with one attached hydrogen (secondary N) is 1. The number of hydrogen-bond acceptors (Lipinski definition) is 3. The number of hydrogen-bond donors (Lipinski definition) is 2. The highest BCUT2D eigenvalue weighted by Crippen LogP contribution is 2.31. The van der Waals surface area contributed by atoms with Crippen LogP contribution in [-0.4, -0.2) is 14.5 Å². The van der Waals surface area contributed by atoms with Crippen molar-refractivity contribution in [3.05, 3.63) is 22.4 Å². The quantitative estimate of drug-likeness (QED) is 0.792. The molecule has 118 valence electrons. The van der Waals surface area contributed by atoms with E-state index in [0.717, 1.165) is 31.4 Å². The number of halogens is 2. The molecule has 0 heterocycles. The first-order valence-corrected chi connectivity index (χ1v) is 9.27. The highest BCUT2D eigenvalue weighted by atomic mass is 79.9. The van der Waals surface area contributed by atoms with Gasteiger partial charge in [-0.2, -0.15) is 0 Å². The number of benzene rings is 1. The van der Waals surface area contributed by atoms with Crippen LogP contribution in [0, 0.1) is 17.7 Å². The first-order chi connectivity index (χ1) is 9.72.